The maximum atomic E-state index is 12.6. The van der Waals surface area contributed by atoms with E-state index in [9.17, 15) is 9.90 Å². The minimum atomic E-state index is -0.263. The summed E-state index contributed by atoms with van der Waals surface area (Å²) < 4.78 is 12.7. The Morgan fingerprint density at radius 1 is 1.03 bits per heavy atom. The van der Waals surface area contributed by atoms with Crippen molar-refractivity contribution in [2.75, 3.05) is 20.0 Å². The number of methoxy groups -OCH3 is 2. The van der Waals surface area contributed by atoms with Crippen molar-refractivity contribution in [1.29, 1.82) is 0 Å². The molecule has 0 aliphatic carbocycles. The standard InChI is InChI=1S/C29H39N5O4S/c1-10-34-26(19-11-12-22(37-8)23(15-19)38-9)32-33-27(34)39-17-24(35)31-30-16-18-13-20(28(2,3)4)25(36)21(14-18)29(5,6)7/h11-16,36H,10,17H2,1-9H3,(H,31,35)/b30-16+. The van der Waals surface area contributed by atoms with Gasteiger partial charge in [0.2, 0.25) is 0 Å². The molecule has 0 saturated heterocycles. The molecule has 3 aromatic rings. The van der Waals surface area contributed by atoms with E-state index in [1.807, 2.05) is 41.8 Å². The average molecular weight is 554 g/mol. The number of carbonyl (C=O) groups excluding carboxylic acids is 1. The third-order valence-corrected chi connectivity index (χ3v) is 7.13. The van der Waals surface area contributed by atoms with Crippen molar-refractivity contribution in [1.82, 2.24) is 20.2 Å². The van der Waals surface area contributed by atoms with Crippen LogP contribution in [-0.2, 0) is 22.2 Å². The fraction of sp³-hybridized carbons (Fsp3) is 0.448. The maximum absolute atomic E-state index is 12.6. The summed E-state index contributed by atoms with van der Waals surface area (Å²) in [7, 11) is 3.18. The van der Waals surface area contributed by atoms with Crippen molar-refractivity contribution in [3.05, 3.63) is 47.0 Å². The average Bonchev–Trinajstić information content (AvgIpc) is 3.29. The lowest BCUT2D eigenvalue weighted by molar-refractivity contribution is -0.118. The van der Waals surface area contributed by atoms with Crippen molar-refractivity contribution < 1.29 is 19.4 Å². The summed E-state index contributed by atoms with van der Waals surface area (Å²) in [5, 5.41) is 24.3. The number of nitrogens with zero attached hydrogens (tertiary/aromatic N) is 4. The Hall–Kier alpha value is -3.53. The van der Waals surface area contributed by atoms with Gasteiger partial charge in [-0.05, 0) is 53.6 Å². The molecule has 1 heterocycles. The number of hydrogen-bond donors (Lipinski definition) is 2. The second kappa shape index (κ2) is 12.1. The first-order valence-corrected chi connectivity index (χ1v) is 13.8. The molecule has 10 heteroatoms. The molecule has 0 aliphatic rings. The highest BCUT2D eigenvalue weighted by atomic mass is 32.2. The number of carbonyl (C=O) groups is 1. The van der Waals surface area contributed by atoms with Crippen LogP contribution < -0.4 is 14.9 Å². The molecular weight excluding hydrogens is 514 g/mol. The smallest absolute Gasteiger partial charge is 0.250 e. The fourth-order valence-electron chi connectivity index (χ4n) is 4.09. The monoisotopic (exact) mass is 553 g/mol. The van der Waals surface area contributed by atoms with Crippen molar-refractivity contribution in [2.24, 2.45) is 5.10 Å². The van der Waals surface area contributed by atoms with Crippen LogP contribution in [0.4, 0.5) is 0 Å². The molecule has 0 spiro atoms. The molecule has 2 aromatic carbocycles. The van der Waals surface area contributed by atoms with E-state index in [1.54, 1.807) is 20.4 Å². The van der Waals surface area contributed by atoms with E-state index in [0.717, 1.165) is 22.3 Å². The molecule has 210 valence electrons. The molecule has 2 N–H and O–H groups in total. The van der Waals surface area contributed by atoms with E-state index in [4.69, 9.17) is 9.47 Å². The first-order chi connectivity index (χ1) is 18.3. The Balaban J connectivity index is 1.72. The zero-order chi connectivity index (χ0) is 29.0. The number of hydrazone groups is 1. The van der Waals surface area contributed by atoms with Crippen LogP contribution >= 0.6 is 11.8 Å². The summed E-state index contributed by atoms with van der Waals surface area (Å²) in [6, 6.07) is 9.39. The van der Waals surface area contributed by atoms with E-state index < -0.39 is 0 Å². The lowest BCUT2D eigenvalue weighted by Crippen LogP contribution is -2.20. The predicted molar refractivity (Wildman–Crippen MR) is 156 cm³/mol. The third-order valence-electron chi connectivity index (χ3n) is 6.16. The van der Waals surface area contributed by atoms with E-state index in [2.05, 4.69) is 62.3 Å². The lowest BCUT2D eigenvalue weighted by atomic mass is 9.78. The molecule has 39 heavy (non-hydrogen) atoms. The Labute approximate surface area is 235 Å². The highest BCUT2D eigenvalue weighted by molar-refractivity contribution is 7.99. The van der Waals surface area contributed by atoms with Crippen molar-refractivity contribution in [2.45, 2.75) is 71.0 Å². The molecule has 0 atom stereocenters. The Morgan fingerprint density at radius 2 is 1.64 bits per heavy atom. The number of hydrogen-bond acceptors (Lipinski definition) is 8. The van der Waals surface area contributed by atoms with E-state index >= 15 is 0 Å². The van der Waals surface area contributed by atoms with Gasteiger partial charge in [0.15, 0.2) is 22.5 Å². The quantitative estimate of drug-likeness (QED) is 0.204. The summed E-state index contributed by atoms with van der Waals surface area (Å²) in [5.41, 5.74) is 5.41. The van der Waals surface area contributed by atoms with Crippen LogP contribution in [0.3, 0.4) is 0 Å². The predicted octanol–water partition coefficient (Wildman–Crippen LogP) is 5.53. The number of ether oxygens (including phenoxy) is 2. The van der Waals surface area contributed by atoms with Crippen LogP contribution in [-0.4, -0.2) is 52.0 Å². The van der Waals surface area contributed by atoms with Crippen molar-refractivity contribution in [3.63, 3.8) is 0 Å². The number of phenolic OH excluding ortho intramolecular Hbond substituents is 1. The SMILES string of the molecule is CCn1c(SCC(=O)N/N=C/c2cc(C(C)(C)C)c(O)c(C(C)(C)C)c2)nnc1-c1ccc(OC)c(OC)c1. The molecule has 1 aromatic heterocycles. The molecule has 0 unspecified atom stereocenters. The van der Waals surface area contributed by atoms with Gasteiger partial charge in [0.1, 0.15) is 5.75 Å². The number of amides is 1. The van der Waals surface area contributed by atoms with E-state index in [1.165, 1.54) is 11.8 Å². The zero-order valence-electron chi connectivity index (χ0n) is 24.2. The Morgan fingerprint density at radius 3 is 2.18 bits per heavy atom. The van der Waals surface area contributed by atoms with E-state index in [0.29, 0.717) is 34.8 Å². The highest BCUT2D eigenvalue weighted by Crippen LogP contribution is 2.39. The van der Waals surface area contributed by atoms with Crippen molar-refractivity contribution in [3.8, 4) is 28.6 Å². The van der Waals surface area contributed by atoms with Gasteiger partial charge < -0.3 is 19.1 Å². The highest BCUT2D eigenvalue weighted by Gasteiger charge is 2.26. The van der Waals surface area contributed by atoms with Gasteiger partial charge in [0.05, 0.1) is 26.2 Å². The van der Waals surface area contributed by atoms with Crippen LogP contribution in [0.5, 0.6) is 17.2 Å². The molecule has 0 saturated carbocycles. The Bertz CT molecular complexity index is 1320. The molecular formula is C29H39N5O4S. The number of aromatic hydroxyl groups is 1. The minimum Gasteiger partial charge on any atom is -0.507 e. The minimum absolute atomic E-state index is 0.122. The zero-order valence-corrected chi connectivity index (χ0v) is 25.1. The first kappa shape index (κ1) is 30.0. The number of benzene rings is 2. The second-order valence-corrected chi connectivity index (χ2v) is 12.1. The summed E-state index contributed by atoms with van der Waals surface area (Å²) in [5.74, 6) is 2.07. The van der Waals surface area contributed by atoms with Crippen LogP contribution in [0.25, 0.3) is 11.4 Å². The molecule has 0 bridgehead atoms. The van der Waals surface area contributed by atoms with Gasteiger partial charge in [0.25, 0.3) is 5.91 Å². The van der Waals surface area contributed by atoms with E-state index in [-0.39, 0.29) is 22.5 Å². The summed E-state index contributed by atoms with van der Waals surface area (Å²) in [6.07, 6.45) is 1.61. The molecule has 0 radical (unpaired) electrons. The van der Waals surface area contributed by atoms with Crippen molar-refractivity contribution >= 4 is 23.9 Å². The fourth-order valence-corrected chi connectivity index (χ4v) is 4.88. The number of nitrogens with one attached hydrogen (secondary N) is 1. The summed E-state index contributed by atoms with van der Waals surface area (Å²) >= 11 is 1.29. The molecule has 0 aliphatic heterocycles. The molecule has 1 amide bonds. The number of rotatable bonds is 9. The largest absolute Gasteiger partial charge is 0.507 e. The summed E-state index contributed by atoms with van der Waals surface area (Å²) in [4.78, 5) is 12.6. The topological polar surface area (TPSA) is 111 Å². The first-order valence-electron chi connectivity index (χ1n) is 12.8. The number of thioether (sulfide) groups is 1. The van der Waals surface area contributed by atoms with Gasteiger partial charge in [0, 0.05) is 23.2 Å². The van der Waals surface area contributed by atoms with Crippen LogP contribution in [0.1, 0.15) is 65.2 Å². The van der Waals surface area contributed by atoms with Gasteiger partial charge in [-0.2, -0.15) is 5.10 Å². The molecule has 0 fully saturated rings. The number of phenols is 1. The maximum Gasteiger partial charge on any atom is 0.250 e. The van der Waals surface area contributed by atoms with Gasteiger partial charge >= 0.3 is 0 Å². The van der Waals surface area contributed by atoms with Gasteiger partial charge in [-0.15, -0.1) is 10.2 Å². The Kier molecular flexibility index (Phi) is 9.32. The van der Waals surface area contributed by atoms with Gasteiger partial charge in [-0.3, -0.25) is 4.79 Å². The number of aromatic nitrogens is 3. The second-order valence-electron chi connectivity index (χ2n) is 11.2. The summed E-state index contributed by atoms with van der Waals surface area (Å²) in [6.45, 7) is 15.0. The van der Waals surface area contributed by atoms with Gasteiger partial charge in [-0.1, -0.05) is 53.3 Å². The van der Waals surface area contributed by atoms with Crippen LogP contribution in [0, 0.1) is 0 Å². The van der Waals surface area contributed by atoms with Gasteiger partial charge in [-0.25, -0.2) is 5.43 Å². The molecule has 3 rings (SSSR count). The molecule has 9 nitrogen and oxygen atoms in total. The lowest BCUT2D eigenvalue weighted by Gasteiger charge is -2.27. The van der Waals surface area contributed by atoms with Crippen LogP contribution in [0.2, 0.25) is 0 Å². The van der Waals surface area contributed by atoms with Crippen LogP contribution in [0.15, 0.2) is 40.6 Å². The normalized spacial score (nSPS) is 12.1. The third kappa shape index (κ3) is 7.11.